The minimum absolute atomic E-state index is 0.535. The lowest BCUT2D eigenvalue weighted by Crippen LogP contribution is -2.23. The van der Waals surface area contributed by atoms with Crippen LogP contribution in [0.5, 0.6) is 0 Å². The third-order valence-corrected chi connectivity index (χ3v) is 2.92. The summed E-state index contributed by atoms with van der Waals surface area (Å²) in [7, 11) is 0. The summed E-state index contributed by atoms with van der Waals surface area (Å²) in [5.41, 5.74) is 0. The second-order valence-corrected chi connectivity index (χ2v) is 4.31. The van der Waals surface area contributed by atoms with Crippen LogP contribution in [0.15, 0.2) is 18.9 Å². The molecule has 5 heteroatoms. The van der Waals surface area contributed by atoms with E-state index in [9.17, 15) is 0 Å². The van der Waals surface area contributed by atoms with Crippen molar-refractivity contribution in [3.05, 3.63) is 18.9 Å². The zero-order valence-electron chi connectivity index (χ0n) is 10.0. The van der Waals surface area contributed by atoms with Crippen LogP contribution >= 0.6 is 0 Å². The van der Waals surface area contributed by atoms with Gasteiger partial charge in [-0.05, 0) is 12.8 Å². The van der Waals surface area contributed by atoms with Crippen LogP contribution in [0.4, 0.5) is 11.8 Å². The van der Waals surface area contributed by atoms with Gasteiger partial charge in [0.05, 0.1) is 6.20 Å². The number of nitrogens with one attached hydrogen (secondary N) is 2. The first-order valence-corrected chi connectivity index (χ1v) is 6.19. The molecule has 0 aromatic carbocycles. The monoisotopic (exact) mass is 233 g/mol. The Labute approximate surface area is 102 Å². The van der Waals surface area contributed by atoms with Crippen molar-refractivity contribution in [2.75, 3.05) is 17.2 Å². The van der Waals surface area contributed by atoms with E-state index in [4.69, 9.17) is 0 Å². The molecule has 2 N–H and O–H groups in total. The number of hydrogen-bond donors (Lipinski definition) is 2. The third-order valence-electron chi connectivity index (χ3n) is 2.92. The van der Waals surface area contributed by atoms with Gasteiger partial charge >= 0.3 is 0 Å². The summed E-state index contributed by atoms with van der Waals surface area (Å²) in [5.74, 6) is 1.35. The molecular weight excluding hydrogens is 214 g/mol. The quantitative estimate of drug-likeness (QED) is 0.763. The van der Waals surface area contributed by atoms with Crippen LogP contribution in [0.3, 0.4) is 0 Å². The standard InChI is InChI=1S/C12H19N5/c1-2-8-13-12-16-11(9-14-17-12)15-10-6-4-3-5-7-10/h2,9-10H,1,3-8H2,(H2,13,15,16,17). The third kappa shape index (κ3) is 3.69. The van der Waals surface area contributed by atoms with Gasteiger partial charge in [0.25, 0.3) is 0 Å². The van der Waals surface area contributed by atoms with Gasteiger partial charge in [0, 0.05) is 12.6 Å². The van der Waals surface area contributed by atoms with Crippen molar-refractivity contribution in [3.63, 3.8) is 0 Å². The van der Waals surface area contributed by atoms with Crippen molar-refractivity contribution in [1.29, 1.82) is 0 Å². The van der Waals surface area contributed by atoms with Crippen molar-refractivity contribution in [2.45, 2.75) is 38.1 Å². The average Bonchev–Trinajstić information content (AvgIpc) is 2.38. The number of hydrogen-bond acceptors (Lipinski definition) is 5. The maximum Gasteiger partial charge on any atom is 0.244 e. The summed E-state index contributed by atoms with van der Waals surface area (Å²) < 4.78 is 0. The smallest absolute Gasteiger partial charge is 0.244 e. The number of rotatable bonds is 5. The lowest BCUT2D eigenvalue weighted by atomic mass is 9.96. The minimum Gasteiger partial charge on any atom is -0.366 e. The van der Waals surface area contributed by atoms with E-state index in [0.29, 0.717) is 18.5 Å². The molecule has 1 aliphatic carbocycles. The van der Waals surface area contributed by atoms with E-state index in [1.807, 2.05) is 0 Å². The Balaban J connectivity index is 1.92. The lowest BCUT2D eigenvalue weighted by Gasteiger charge is -2.23. The molecule has 1 aromatic rings. The molecule has 0 atom stereocenters. The molecule has 0 bridgehead atoms. The molecule has 5 nitrogen and oxygen atoms in total. The van der Waals surface area contributed by atoms with E-state index in [-0.39, 0.29) is 0 Å². The number of nitrogens with zero attached hydrogens (tertiary/aromatic N) is 3. The Kier molecular flexibility index (Phi) is 4.30. The van der Waals surface area contributed by atoms with Crippen LogP contribution in [-0.2, 0) is 0 Å². The van der Waals surface area contributed by atoms with E-state index in [1.165, 1.54) is 32.1 Å². The molecule has 1 fully saturated rings. The van der Waals surface area contributed by atoms with Crippen LogP contribution in [0.1, 0.15) is 32.1 Å². The predicted octanol–water partition coefficient (Wildman–Crippen LogP) is 2.21. The summed E-state index contributed by atoms with van der Waals surface area (Å²) in [5, 5.41) is 14.3. The fourth-order valence-corrected chi connectivity index (χ4v) is 2.07. The molecule has 2 rings (SSSR count). The highest BCUT2D eigenvalue weighted by Crippen LogP contribution is 2.20. The van der Waals surface area contributed by atoms with Crippen LogP contribution in [0.25, 0.3) is 0 Å². The Morgan fingerprint density at radius 3 is 2.94 bits per heavy atom. The molecule has 0 spiro atoms. The van der Waals surface area contributed by atoms with E-state index >= 15 is 0 Å². The summed E-state index contributed by atoms with van der Waals surface area (Å²) in [6, 6.07) is 0.535. The molecule has 1 aromatic heterocycles. The Morgan fingerprint density at radius 1 is 1.35 bits per heavy atom. The van der Waals surface area contributed by atoms with Gasteiger partial charge < -0.3 is 10.6 Å². The minimum atomic E-state index is 0.535. The normalized spacial score (nSPS) is 16.5. The molecule has 1 aliphatic rings. The van der Waals surface area contributed by atoms with Gasteiger partial charge in [-0.25, -0.2) is 0 Å². The van der Waals surface area contributed by atoms with E-state index in [2.05, 4.69) is 32.4 Å². The molecule has 0 saturated heterocycles. The highest BCUT2D eigenvalue weighted by molar-refractivity contribution is 5.38. The lowest BCUT2D eigenvalue weighted by molar-refractivity contribution is 0.461. The van der Waals surface area contributed by atoms with Gasteiger partial charge in [-0.15, -0.1) is 11.7 Å². The molecular formula is C12H19N5. The molecule has 0 unspecified atom stereocenters. The zero-order valence-corrected chi connectivity index (χ0v) is 10.0. The highest BCUT2D eigenvalue weighted by Gasteiger charge is 2.13. The SMILES string of the molecule is C=CCNc1nncc(NC2CCCCC2)n1. The predicted molar refractivity (Wildman–Crippen MR) is 69.0 cm³/mol. The fourth-order valence-electron chi connectivity index (χ4n) is 2.07. The number of aromatic nitrogens is 3. The van der Waals surface area contributed by atoms with Crippen LogP contribution < -0.4 is 10.6 Å². The van der Waals surface area contributed by atoms with Gasteiger partial charge in [-0.3, -0.25) is 0 Å². The zero-order chi connectivity index (χ0) is 11.9. The van der Waals surface area contributed by atoms with Crippen LogP contribution in [0, 0.1) is 0 Å². The number of anilines is 2. The summed E-state index contributed by atoms with van der Waals surface area (Å²) in [6.07, 6.45) is 9.85. The molecule has 17 heavy (non-hydrogen) atoms. The van der Waals surface area contributed by atoms with Crippen LogP contribution in [-0.4, -0.2) is 27.8 Å². The van der Waals surface area contributed by atoms with Gasteiger partial charge in [-0.1, -0.05) is 25.3 Å². The summed E-state index contributed by atoms with van der Waals surface area (Å²) in [4.78, 5) is 4.36. The van der Waals surface area contributed by atoms with Gasteiger partial charge in [0.15, 0.2) is 5.82 Å². The van der Waals surface area contributed by atoms with Gasteiger partial charge in [0.2, 0.25) is 5.95 Å². The maximum atomic E-state index is 4.36. The molecule has 92 valence electrons. The van der Waals surface area contributed by atoms with E-state index in [0.717, 1.165) is 5.82 Å². The topological polar surface area (TPSA) is 62.7 Å². The van der Waals surface area contributed by atoms with Crippen molar-refractivity contribution >= 4 is 11.8 Å². The van der Waals surface area contributed by atoms with Gasteiger partial charge in [0.1, 0.15) is 0 Å². The highest BCUT2D eigenvalue weighted by atomic mass is 15.3. The average molecular weight is 233 g/mol. The second-order valence-electron chi connectivity index (χ2n) is 4.31. The Bertz CT molecular complexity index is 360. The van der Waals surface area contributed by atoms with Crippen molar-refractivity contribution in [2.24, 2.45) is 0 Å². The van der Waals surface area contributed by atoms with Crippen molar-refractivity contribution < 1.29 is 0 Å². The largest absolute Gasteiger partial charge is 0.366 e. The first-order valence-electron chi connectivity index (χ1n) is 6.19. The molecule has 1 heterocycles. The summed E-state index contributed by atoms with van der Waals surface area (Å²) in [6.45, 7) is 4.29. The first-order chi connectivity index (χ1) is 8.38. The maximum absolute atomic E-state index is 4.36. The van der Waals surface area contributed by atoms with Gasteiger partial charge in [-0.2, -0.15) is 10.1 Å². The molecule has 0 radical (unpaired) electrons. The summed E-state index contributed by atoms with van der Waals surface area (Å²) >= 11 is 0. The molecule has 0 aliphatic heterocycles. The Morgan fingerprint density at radius 2 is 2.18 bits per heavy atom. The fraction of sp³-hybridized carbons (Fsp3) is 0.583. The second kappa shape index (κ2) is 6.18. The molecule has 0 amide bonds. The van der Waals surface area contributed by atoms with Crippen molar-refractivity contribution in [1.82, 2.24) is 15.2 Å². The first kappa shape index (κ1) is 11.8. The molecule has 1 saturated carbocycles. The van der Waals surface area contributed by atoms with E-state index < -0.39 is 0 Å². The van der Waals surface area contributed by atoms with Crippen LogP contribution in [0.2, 0.25) is 0 Å². The Hall–Kier alpha value is -1.65. The van der Waals surface area contributed by atoms with E-state index in [1.54, 1.807) is 12.3 Å². The van der Waals surface area contributed by atoms with Crippen molar-refractivity contribution in [3.8, 4) is 0 Å².